The van der Waals surface area contributed by atoms with Crippen LogP contribution >= 0.6 is 0 Å². The third-order valence-electron chi connectivity index (χ3n) is 2.79. The molecule has 0 saturated heterocycles. The monoisotopic (exact) mass is 267 g/mol. The van der Waals surface area contributed by atoms with Crippen LogP contribution in [0.15, 0.2) is 11.6 Å². The molecule has 5 heteroatoms. The van der Waals surface area contributed by atoms with Crippen LogP contribution in [0.5, 0.6) is 0 Å². The summed E-state index contributed by atoms with van der Waals surface area (Å²) in [7, 11) is 0. The van der Waals surface area contributed by atoms with Gasteiger partial charge in [-0.3, -0.25) is 4.79 Å². The predicted octanol–water partition coefficient (Wildman–Crippen LogP) is 3.12. The number of unbranched alkanes of at least 4 members (excludes halogenated alkanes) is 7. The summed E-state index contributed by atoms with van der Waals surface area (Å²) in [6.07, 6.45) is 9.10. The molecule has 0 aliphatic heterocycles. The zero-order valence-electron chi connectivity index (χ0n) is 11.1. The molecule has 0 aromatic rings. The summed E-state index contributed by atoms with van der Waals surface area (Å²) in [5.74, 6) is -1.90. The molecule has 0 saturated carbocycles. The summed E-state index contributed by atoms with van der Waals surface area (Å²) < 4.78 is 0. The van der Waals surface area contributed by atoms with Gasteiger partial charge in [0.1, 0.15) is 11.6 Å². The molecular weight excluding hydrogens is 246 g/mol. The van der Waals surface area contributed by atoms with Crippen LogP contribution in [0.25, 0.3) is 0 Å². The van der Waals surface area contributed by atoms with Crippen LogP contribution < -0.4 is 0 Å². The number of rotatable bonds is 11. The highest BCUT2D eigenvalue weighted by Crippen LogP contribution is 2.10. The van der Waals surface area contributed by atoms with Crippen molar-refractivity contribution in [1.82, 2.24) is 0 Å². The second-order valence-electron chi connectivity index (χ2n) is 4.44. The van der Waals surface area contributed by atoms with Gasteiger partial charge in [0.25, 0.3) is 0 Å². The first-order valence-electron chi connectivity index (χ1n) is 6.63. The van der Waals surface area contributed by atoms with Crippen molar-refractivity contribution in [3.05, 3.63) is 11.6 Å². The Balaban J connectivity index is 3.39. The van der Waals surface area contributed by atoms with Crippen LogP contribution in [0.2, 0.25) is 0 Å². The molecule has 0 rings (SSSR count). The van der Waals surface area contributed by atoms with Crippen LogP contribution in [0, 0.1) is 11.3 Å². The number of hydrogen-bond donors (Lipinski definition) is 2. The van der Waals surface area contributed by atoms with E-state index in [1.807, 2.05) is 0 Å². The highest BCUT2D eigenvalue weighted by molar-refractivity contribution is 5.90. The third-order valence-corrected chi connectivity index (χ3v) is 2.79. The van der Waals surface area contributed by atoms with Gasteiger partial charge in [-0.25, -0.2) is 4.79 Å². The molecule has 0 bridgehead atoms. The molecule has 0 aromatic heterocycles. The van der Waals surface area contributed by atoms with Crippen molar-refractivity contribution in [2.24, 2.45) is 0 Å². The van der Waals surface area contributed by atoms with Crippen LogP contribution in [0.3, 0.4) is 0 Å². The van der Waals surface area contributed by atoms with E-state index >= 15 is 0 Å². The molecule has 106 valence electrons. The molecular formula is C14H21NO4. The van der Waals surface area contributed by atoms with Crippen molar-refractivity contribution in [3.63, 3.8) is 0 Å². The van der Waals surface area contributed by atoms with Gasteiger partial charge in [0.15, 0.2) is 0 Å². The van der Waals surface area contributed by atoms with Gasteiger partial charge >= 0.3 is 11.9 Å². The lowest BCUT2D eigenvalue weighted by Gasteiger charge is -2.00. The van der Waals surface area contributed by atoms with Crippen LogP contribution in [-0.4, -0.2) is 22.2 Å². The Hall–Kier alpha value is -1.83. The van der Waals surface area contributed by atoms with Crippen molar-refractivity contribution < 1.29 is 19.8 Å². The molecule has 0 amide bonds. The van der Waals surface area contributed by atoms with Gasteiger partial charge in [-0.15, -0.1) is 0 Å². The minimum absolute atomic E-state index is 0.186. The Kier molecular flexibility index (Phi) is 10.2. The van der Waals surface area contributed by atoms with E-state index in [0.29, 0.717) is 6.42 Å². The molecule has 19 heavy (non-hydrogen) atoms. The molecule has 0 aliphatic carbocycles. The summed E-state index contributed by atoms with van der Waals surface area (Å²) in [5, 5.41) is 25.6. The van der Waals surface area contributed by atoms with E-state index in [0.717, 1.165) is 44.9 Å². The van der Waals surface area contributed by atoms with Gasteiger partial charge in [0, 0.05) is 6.42 Å². The minimum atomic E-state index is -1.17. The lowest BCUT2D eigenvalue weighted by atomic mass is 10.1. The molecule has 0 aliphatic rings. The molecule has 5 nitrogen and oxygen atoms in total. The van der Waals surface area contributed by atoms with Crippen LogP contribution in [0.4, 0.5) is 0 Å². The maximum atomic E-state index is 10.5. The second kappa shape index (κ2) is 11.3. The van der Waals surface area contributed by atoms with Crippen molar-refractivity contribution in [2.45, 2.75) is 57.8 Å². The fraction of sp³-hybridized carbons (Fsp3) is 0.643. The zero-order chi connectivity index (χ0) is 14.5. The van der Waals surface area contributed by atoms with Crippen molar-refractivity contribution >= 4 is 11.9 Å². The van der Waals surface area contributed by atoms with E-state index in [1.54, 1.807) is 6.07 Å². The van der Waals surface area contributed by atoms with Crippen molar-refractivity contribution in [1.29, 1.82) is 5.26 Å². The Morgan fingerprint density at radius 3 is 1.95 bits per heavy atom. The van der Waals surface area contributed by atoms with Gasteiger partial charge in [-0.05, 0) is 19.3 Å². The fourth-order valence-corrected chi connectivity index (χ4v) is 1.73. The average Bonchev–Trinajstić information content (AvgIpc) is 2.35. The maximum absolute atomic E-state index is 10.5. The predicted molar refractivity (Wildman–Crippen MR) is 70.5 cm³/mol. The Labute approximate surface area is 113 Å². The molecule has 0 heterocycles. The van der Waals surface area contributed by atoms with Crippen LogP contribution in [0.1, 0.15) is 57.8 Å². The molecule has 2 N–H and O–H groups in total. The summed E-state index contributed by atoms with van der Waals surface area (Å²) in [6, 6.07) is 1.65. The molecule has 0 aromatic carbocycles. The number of nitriles is 1. The lowest BCUT2D eigenvalue weighted by molar-refractivity contribution is -0.137. The standard InChI is InChI=1S/C14H21NO4/c15-11-12(14(18)19)9-7-5-3-1-2-4-6-8-10-13(16)17/h9H,1-8,10H2,(H,16,17)(H,18,19). The van der Waals surface area contributed by atoms with Gasteiger partial charge in [-0.1, -0.05) is 38.2 Å². The molecule has 0 radical (unpaired) electrons. The summed E-state index contributed by atoms with van der Waals surface area (Å²) in [4.78, 5) is 20.8. The SMILES string of the molecule is N#CC(=CCCCCCCCCCC(=O)O)C(=O)O. The van der Waals surface area contributed by atoms with E-state index in [-0.39, 0.29) is 12.0 Å². The lowest BCUT2D eigenvalue weighted by Crippen LogP contribution is -1.97. The fourth-order valence-electron chi connectivity index (χ4n) is 1.73. The topological polar surface area (TPSA) is 98.4 Å². The largest absolute Gasteiger partial charge is 0.481 e. The highest BCUT2D eigenvalue weighted by atomic mass is 16.4. The number of carbonyl (C=O) groups is 2. The first kappa shape index (κ1) is 17.2. The third kappa shape index (κ3) is 11.0. The van der Waals surface area contributed by atoms with Gasteiger partial charge < -0.3 is 10.2 Å². The van der Waals surface area contributed by atoms with Crippen molar-refractivity contribution in [3.8, 4) is 6.07 Å². The Bertz CT molecular complexity index is 355. The van der Waals surface area contributed by atoms with E-state index in [1.165, 1.54) is 6.08 Å². The van der Waals surface area contributed by atoms with E-state index in [4.69, 9.17) is 15.5 Å². The first-order chi connectivity index (χ1) is 9.07. The molecule has 0 unspecified atom stereocenters. The van der Waals surface area contributed by atoms with Crippen LogP contribution in [-0.2, 0) is 9.59 Å². The van der Waals surface area contributed by atoms with Gasteiger partial charge in [0.05, 0.1) is 0 Å². The van der Waals surface area contributed by atoms with E-state index in [9.17, 15) is 9.59 Å². The normalized spacial score (nSPS) is 11.0. The number of aliphatic carboxylic acids is 2. The van der Waals surface area contributed by atoms with E-state index < -0.39 is 11.9 Å². The highest BCUT2D eigenvalue weighted by Gasteiger charge is 2.03. The quantitative estimate of drug-likeness (QED) is 0.340. The van der Waals surface area contributed by atoms with Crippen molar-refractivity contribution in [2.75, 3.05) is 0 Å². The summed E-state index contributed by atoms with van der Waals surface area (Å²) in [5.41, 5.74) is -0.186. The number of carboxylic acids is 2. The number of allylic oxidation sites excluding steroid dienone is 1. The maximum Gasteiger partial charge on any atom is 0.346 e. The summed E-state index contributed by atoms with van der Waals surface area (Å²) in [6.45, 7) is 0. The minimum Gasteiger partial charge on any atom is -0.481 e. The molecule has 0 atom stereocenters. The van der Waals surface area contributed by atoms with Gasteiger partial charge in [-0.2, -0.15) is 5.26 Å². The number of carboxylic acid groups (broad SMARTS) is 2. The first-order valence-corrected chi connectivity index (χ1v) is 6.63. The number of nitrogens with zero attached hydrogens (tertiary/aromatic N) is 1. The van der Waals surface area contributed by atoms with Gasteiger partial charge in [0.2, 0.25) is 0 Å². The average molecular weight is 267 g/mol. The summed E-state index contributed by atoms with van der Waals surface area (Å²) >= 11 is 0. The molecule has 0 spiro atoms. The van der Waals surface area contributed by atoms with E-state index in [2.05, 4.69) is 0 Å². The Morgan fingerprint density at radius 2 is 1.47 bits per heavy atom. The second-order valence-corrected chi connectivity index (χ2v) is 4.44. The Morgan fingerprint density at radius 1 is 0.947 bits per heavy atom. The zero-order valence-corrected chi connectivity index (χ0v) is 11.1. The number of hydrogen-bond acceptors (Lipinski definition) is 3. The smallest absolute Gasteiger partial charge is 0.346 e. The molecule has 0 fully saturated rings.